The van der Waals surface area contributed by atoms with E-state index in [1.165, 1.54) is 22.3 Å². The molecule has 0 bridgehead atoms. The maximum atomic E-state index is 5.48. The molecule has 0 aromatic heterocycles. The minimum atomic E-state index is -0.00921. The van der Waals surface area contributed by atoms with Gasteiger partial charge in [0.1, 0.15) is 5.75 Å². The van der Waals surface area contributed by atoms with Gasteiger partial charge >= 0.3 is 0 Å². The van der Waals surface area contributed by atoms with Crippen LogP contribution in [-0.4, -0.2) is 19.7 Å². The van der Waals surface area contributed by atoms with E-state index >= 15 is 0 Å². The average Bonchev–Trinajstić information content (AvgIpc) is 2.98. The van der Waals surface area contributed by atoms with Crippen LogP contribution in [0.4, 0.5) is 0 Å². The summed E-state index contributed by atoms with van der Waals surface area (Å²) in [6.45, 7) is 29.2. The molecule has 0 heterocycles. The van der Waals surface area contributed by atoms with Gasteiger partial charge in [-0.15, -0.1) is 0 Å². The van der Waals surface area contributed by atoms with Crippen LogP contribution < -0.4 is 15.4 Å². The minimum absolute atomic E-state index is 0.00921. The standard InChI is InChI=1S/C41H58N2O/c1-30(2)26-39(31(3)4)27-33(6)24-25-42-36(9)40(29-38-22-23-41(44-10)34(7)28-38)43-35(8)17-15-14-16-32(5)20-21-37-18-12-11-13-19-37/h11-13,15,17-23,28,30,32,39-40,42-43H,3,6,8-9,14,16,24-27,29H2,1-2,4-5,7,10H3/b17-15+,21-20+/t32?,39?,40-/m1/s1. The Kier molecular flexibility index (Phi) is 16.2. The lowest BCUT2D eigenvalue weighted by Crippen LogP contribution is -2.37. The van der Waals surface area contributed by atoms with Crippen LogP contribution in [0, 0.1) is 24.7 Å². The second-order valence-electron chi connectivity index (χ2n) is 12.8. The summed E-state index contributed by atoms with van der Waals surface area (Å²) in [7, 11) is 1.71. The number of benzene rings is 2. The molecule has 3 nitrogen and oxygen atoms in total. The van der Waals surface area contributed by atoms with Crippen molar-refractivity contribution in [2.75, 3.05) is 13.7 Å². The summed E-state index contributed by atoms with van der Waals surface area (Å²) in [5, 5.41) is 7.22. The predicted molar refractivity (Wildman–Crippen MR) is 194 cm³/mol. The van der Waals surface area contributed by atoms with Crippen molar-refractivity contribution in [1.82, 2.24) is 10.6 Å². The molecule has 0 fully saturated rings. The van der Waals surface area contributed by atoms with Gasteiger partial charge in [0, 0.05) is 17.9 Å². The van der Waals surface area contributed by atoms with Gasteiger partial charge in [0.15, 0.2) is 0 Å². The second kappa shape index (κ2) is 19.5. The van der Waals surface area contributed by atoms with Crippen molar-refractivity contribution >= 4 is 6.08 Å². The van der Waals surface area contributed by atoms with E-state index in [1.54, 1.807) is 7.11 Å². The molecule has 0 aliphatic carbocycles. The van der Waals surface area contributed by atoms with Crippen molar-refractivity contribution in [3.8, 4) is 5.75 Å². The molecule has 0 radical (unpaired) electrons. The third-order valence-electron chi connectivity index (χ3n) is 8.02. The summed E-state index contributed by atoms with van der Waals surface area (Å²) in [6, 6.07) is 16.8. The molecule has 2 N–H and O–H groups in total. The third-order valence-corrected chi connectivity index (χ3v) is 8.02. The maximum absolute atomic E-state index is 5.48. The number of hydrogen-bond acceptors (Lipinski definition) is 3. The normalized spacial score (nSPS) is 13.5. The Bertz CT molecular complexity index is 1270. The highest BCUT2D eigenvalue weighted by atomic mass is 16.5. The number of ether oxygens (including phenoxy) is 1. The molecule has 0 saturated heterocycles. The number of allylic oxidation sites excluding steroid dienone is 4. The Labute approximate surface area is 269 Å². The fourth-order valence-corrected chi connectivity index (χ4v) is 5.36. The Morgan fingerprint density at radius 3 is 2.36 bits per heavy atom. The minimum Gasteiger partial charge on any atom is -0.496 e. The predicted octanol–water partition coefficient (Wildman–Crippen LogP) is 10.4. The molecule has 0 saturated carbocycles. The smallest absolute Gasteiger partial charge is 0.121 e. The summed E-state index contributed by atoms with van der Waals surface area (Å²) in [4.78, 5) is 0. The van der Waals surface area contributed by atoms with E-state index in [9.17, 15) is 0 Å². The van der Waals surface area contributed by atoms with Crippen LogP contribution in [0.5, 0.6) is 5.75 Å². The Balaban J connectivity index is 1.97. The Morgan fingerprint density at radius 2 is 1.73 bits per heavy atom. The van der Waals surface area contributed by atoms with E-state index in [1.807, 2.05) is 12.1 Å². The summed E-state index contributed by atoms with van der Waals surface area (Å²) >= 11 is 0. The summed E-state index contributed by atoms with van der Waals surface area (Å²) in [6.07, 6.45) is 14.7. The van der Waals surface area contributed by atoms with Gasteiger partial charge in [-0.2, -0.15) is 0 Å². The molecule has 2 rings (SSSR count). The van der Waals surface area contributed by atoms with Crippen LogP contribution >= 0.6 is 0 Å². The molecular weight excluding hydrogens is 536 g/mol. The first-order valence-electron chi connectivity index (χ1n) is 16.2. The van der Waals surface area contributed by atoms with Crippen LogP contribution in [0.1, 0.15) is 76.5 Å². The van der Waals surface area contributed by atoms with Crippen molar-refractivity contribution < 1.29 is 4.74 Å². The van der Waals surface area contributed by atoms with Gasteiger partial charge in [0.25, 0.3) is 0 Å². The van der Waals surface area contributed by atoms with E-state index in [2.05, 4.69) is 132 Å². The molecular formula is C41H58N2O. The van der Waals surface area contributed by atoms with E-state index in [0.29, 0.717) is 17.8 Å². The first kappa shape index (κ1) is 36.5. The number of nitrogens with one attached hydrogen (secondary N) is 2. The van der Waals surface area contributed by atoms with Crippen molar-refractivity contribution in [3.05, 3.63) is 132 Å². The molecule has 0 amide bonds. The Hall–Kier alpha value is -3.72. The summed E-state index contributed by atoms with van der Waals surface area (Å²) in [5.74, 6) is 2.55. The van der Waals surface area contributed by atoms with Gasteiger partial charge in [-0.25, -0.2) is 0 Å². The van der Waals surface area contributed by atoms with E-state index in [4.69, 9.17) is 4.74 Å². The van der Waals surface area contributed by atoms with Gasteiger partial charge in [0.05, 0.1) is 13.2 Å². The van der Waals surface area contributed by atoms with Crippen LogP contribution in [0.2, 0.25) is 0 Å². The zero-order valence-corrected chi connectivity index (χ0v) is 28.4. The van der Waals surface area contributed by atoms with Crippen molar-refractivity contribution in [3.63, 3.8) is 0 Å². The number of hydrogen-bond donors (Lipinski definition) is 2. The number of aryl methyl sites for hydroxylation is 1. The Morgan fingerprint density at radius 1 is 1.00 bits per heavy atom. The first-order chi connectivity index (χ1) is 21.0. The highest BCUT2D eigenvalue weighted by Crippen LogP contribution is 2.26. The lowest BCUT2D eigenvalue weighted by atomic mass is 9.86. The number of methoxy groups -OCH3 is 1. The van der Waals surface area contributed by atoms with E-state index in [0.717, 1.165) is 67.8 Å². The largest absolute Gasteiger partial charge is 0.496 e. The SMILES string of the molecule is C=C(CCNC(=C)[C@@H](Cc1ccc(OC)c(C)c1)NC(=C)/C=C/CCC(C)/C=C/c1ccccc1)CC(CC(C)C)C(=C)C. The molecule has 2 unspecified atom stereocenters. The average molecular weight is 595 g/mol. The van der Waals surface area contributed by atoms with Crippen molar-refractivity contribution in [2.45, 2.75) is 79.2 Å². The molecule has 44 heavy (non-hydrogen) atoms. The van der Waals surface area contributed by atoms with Gasteiger partial charge in [-0.3, -0.25) is 0 Å². The monoisotopic (exact) mass is 594 g/mol. The zero-order chi connectivity index (χ0) is 32.5. The first-order valence-corrected chi connectivity index (χ1v) is 16.2. The molecule has 0 aliphatic rings. The summed E-state index contributed by atoms with van der Waals surface area (Å²) < 4.78 is 5.48. The second-order valence-corrected chi connectivity index (χ2v) is 12.8. The fraction of sp³-hybridized carbons (Fsp3) is 0.415. The highest BCUT2D eigenvalue weighted by molar-refractivity contribution is 5.48. The van der Waals surface area contributed by atoms with E-state index < -0.39 is 0 Å². The molecule has 3 heteroatoms. The summed E-state index contributed by atoms with van der Waals surface area (Å²) in [5.41, 5.74) is 7.95. The lowest BCUT2D eigenvalue weighted by molar-refractivity contribution is 0.411. The van der Waals surface area contributed by atoms with Gasteiger partial charge < -0.3 is 15.4 Å². The lowest BCUT2D eigenvalue weighted by Gasteiger charge is -2.25. The fourth-order valence-electron chi connectivity index (χ4n) is 5.36. The van der Waals surface area contributed by atoms with Crippen LogP contribution in [0.3, 0.4) is 0 Å². The van der Waals surface area contributed by atoms with Crippen LogP contribution in [0.25, 0.3) is 6.08 Å². The van der Waals surface area contributed by atoms with Gasteiger partial charge in [-0.1, -0.05) is 119 Å². The van der Waals surface area contributed by atoms with Gasteiger partial charge in [-0.05, 0) is 99.0 Å². The van der Waals surface area contributed by atoms with Crippen LogP contribution in [-0.2, 0) is 6.42 Å². The van der Waals surface area contributed by atoms with Crippen LogP contribution in [0.15, 0.2) is 116 Å². The zero-order valence-electron chi connectivity index (χ0n) is 28.4. The van der Waals surface area contributed by atoms with Crippen molar-refractivity contribution in [1.29, 1.82) is 0 Å². The topological polar surface area (TPSA) is 33.3 Å². The molecule has 0 spiro atoms. The molecule has 2 aromatic rings. The van der Waals surface area contributed by atoms with Gasteiger partial charge in [0.2, 0.25) is 0 Å². The molecule has 3 atom stereocenters. The number of rotatable bonds is 21. The molecule has 0 aliphatic heterocycles. The molecule has 238 valence electrons. The van der Waals surface area contributed by atoms with E-state index in [-0.39, 0.29) is 6.04 Å². The van der Waals surface area contributed by atoms with Crippen molar-refractivity contribution in [2.24, 2.45) is 17.8 Å². The third kappa shape index (κ3) is 14.2. The molecule has 2 aromatic carbocycles. The maximum Gasteiger partial charge on any atom is 0.121 e. The highest BCUT2D eigenvalue weighted by Gasteiger charge is 2.16. The quantitative estimate of drug-likeness (QED) is 0.111.